The van der Waals surface area contributed by atoms with Crippen molar-refractivity contribution in [1.29, 1.82) is 0 Å². The van der Waals surface area contributed by atoms with Crippen LogP contribution in [0, 0.1) is 0 Å². The van der Waals surface area contributed by atoms with Gasteiger partial charge in [0.2, 0.25) is 0 Å². The summed E-state index contributed by atoms with van der Waals surface area (Å²) in [4.78, 5) is 5.33. The Kier molecular flexibility index (Phi) is 5.60. The highest BCUT2D eigenvalue weighted by atomic mass is 32.2. The standard InChI is InChI=1S/C44H37BN2S/c1-43(2,3)28-19-20-35-31(23-28)33-24-29(44(4,5)6)25-34-41(33)46(35)37-22-27(26-13-8-7-9-14-26)21-32-30-15-12-18-39-42(30)47(45(34)40(32)37)36-16-10-11-17-38(36)48-39/h7-25H,1-6H3. The van der Waals surface area contributed by atoms with Crippen molar-refractivity contribution in [2.45, 2.75) is 62.2 Å². The highest BCUT2D eigenvalue weighted by Gasteiger charge is 2.47. The van der Waals surface area contributed by atoms with E-state index in [9.17, 15) is 0 Å². The topological polar surface area (TPSA) is 8.17 Å². The van der Waals surface area contributed by atoms with Gasteiger partial charge in [0.15, 0.2) is 0 Å². The maximum absolute atomic E-state index is 2.69. The zero-order valence-electron chi connectivity index (χ0n) is 28.3. The molecule has 0 fully saturated rings. The van der Waals surface area contributed by atoms with Crippen LogP contribution in [0.15, 0.2) is 125 Å². The number of hydrogen-bond acceptors (Lipinski definition) is 2. The molecule has 10 rings (SSSR count). The maximum Gasteiger partial charge on any atom is 0.333 e. The minimum Gasteiger partial charge on any atom is -0.374 e. The monoisotopic (exact) mass is 636 g/mol. The van der Waals surface area contributed by atoms with Gasteiger partial charge in [0.25, 0.3) is 0 Å². The molecule has 1 aromatic heterocycles. The predicted octanol–water partition coefficient (Wildman–Crippen LogP) is 10.7. The van der Waals surface area contributed by atoms with E-state index >= 15 is 0 Å². The van der Waals surface area contributed by atoms with Gasteiger partial charge in [0.05, 0.1) is 16.7 Å². The van der Waals surface area contributed by atoms with Crippen LogP contribution >= 0.6 is 11.8 Å². The Bertz CT molecular complexity index is 2510. The fourth-order valence-corrected chi connectivity index (χ4v) is 9.52. The lowest BCUT2D eigenvalue weighted by Crippen LogP contribution is -2.61. The number of hydrogen-bond donors (Lipinski definition) is 0. The van der Waals surface area contributed by atoms with Crippen molar-refractivity contribution in [3.05, 3.63) is 126 Å². The summed E-state index contributed by atoms with van der Waals surface area (Å²) in [5.74, 6) is 0. The Morgan fingerprint density at radius 1 is 0.562 bits per heavy atom. The highest BCUT2D eigenvalue weighted by Crippen LogP contribution is 2.55. The van der Waals surface area contributed by atoms with Crippen LogP contribution in [0.2, 0.25) is 0 Å². The third-order valence-corrected chi connectivity index (χ3v) is 11.9. The van der Waals surface area contributed by atoms with Crippen molar-refractivity contribution < 1.29 is 0 Å². The molecule has 0 N–H and O–H groups in total. The van der Waals surface area contributed by atoms with E-state index in [4.69, 9.17) is 0 Å². The van der Waals surface area contributed by atoms with Crippen molar-refractivity contribution in [1.82, 2.24) is 4.57 Å². The van der Waals surface area contributed by atoms with Crippen molar-refractivity contribution in [2.24, 2.45) is 0 Å². The van der Waals surface area contributed by atoms with Crippen LogP contribution in [0.5, 0.6) is 0 Å². The Morgan fingerprint density at radius 3 is 2.08 bits per heavy atom. The van der Waals surface area contributed by atoms with Crippen LogP contribution in [0.4, 0.5) is 11.4 Å². The number of aromatic nitrogens is 1. The van der Waals surface area contributed by atoms with Gasteiger partial charge in [-0.2, -0.15) is 0 Å². The molecule has 0 aliphatic carbocycles. The van der Waals surface area contributed by atoms with E-state index in [0.29, 0.717) is 0 Å². The second-order valence-electron chi connectivity index (χ2n) is 15.8. The molecule has 3 aliphatic rings. The summed E-state index contributed by atoms with van der Waals surface area (Å²) in [6, 6.07) is 44.0. The van der Waals surface area contributed by atoms with Crippen LogP contribution in [-0.2, 0) is 10.8 Å². The van der Waals surface area contributed by atoms with Gasteiger partial charge in [-0.05, 0) is 98.1 Å². The van der Waals surface area contributed by atoms with Crippen LogP contribution in [0.3, 0.4) is 0 Å². The first-order valence-electron chi connectivity index (χ1n) is 17.1. The number of nitrogens with zero attached hydrogens (tertiary/aromatic N) is 2. The number of anilines is 2. The SMILES string of the molecule is CC(C)(C)c1ccc2c(c1)c1cc(C(C)(C)C)cc3c1n2-c1cc(-c2ccccc2)cc2c1B3N1c3ccccc3Sc3cccc-2c31. The van der Waals surface area contributed by atoms with Gasteiger partial charge in [0, 0.05) is 37.5 Å². The maximum atomic E-state index is 2.69. The molecule has 7 aromatic rings. The number of para-hydroxylation sites is 2. The minimum atomic E-state index is -0.00554. The smallest absolute Gasteiger partial charge is 0.333 e. The predicted molar refractivity (Wildman–Crippen MR) is 207 cm³/mol. The molecule has 4 heteroatoms. The van der Waals surface area contributed by atoms with Crippen molar-refractivity contribution in [2.75, 3.05) is 4.81 Å². The molecule has 0 radical (unpaired) electrons. The van der Waals surface area contributed by atoms with Gasteiger partial charge in [-0.25, -0.2) is 0 Å². The van der Waals surface area contributed by atoms with E-state index in [0.717, 1.165) is 0 Å². The average Bonchev–Trinajstić information content (AvgIpc) is 3.41. The molecule has 4 heterocycles. The quantitative estimate of drug-likeness (QED) is 0.166. The second kappa shape index (κ2) is 9.48. The van der Waals surface area contributed by atoms with Crippen LogP contribution in [0.1, 0.15) is 52.7 Å². The van der Waals surface area contributed by atoms with E-state index in [1.54, 1.807) is 0 Å². The molecule has 0 saturated carbocycles. The Morgan fingerprint density at radius 2 is 1.29 bits per heavy atom. The molecule has 0 unspecified atom stereocenters. The first-order valence-corrected chi connectivity index (χ1v) is 18.0. The summed E-state index contributed by atoms with van der Waals surface area (Å²) >= 11 is 1.91. The van der Waals surface area contributed by atoms with Gasteiger partial charge >= 0.3 is 6.85 Å². The molecule has 2 nitrogen and oxygen atoms in total. The van der Waals surface area contributed by atoms with Crippen molar-refractivity contribution in [3.63, 3.8) is 0 Å². The molecule has 232 valence electrons. The van der Waals surface area contributed by atoms with E-state index in [1.807, 2.05) is 11.8 Å². The third kappa shape index (κ3) is 3.78. The van der Waals surface area contributed by atoms with Crippen LogP contribution < -0.4 is 15.7 Å². The van der Waals surface area contributed by atoms with Gasteiger partial charge < -0.3 is 9.38 Å². The first-order chi connectivity index (χ1) is 23.1. The van der Waals surface area contributed by atoms with Gasteiger partial charge in [-0.3, -0.25) is 0 Å². The summed E-state index contributed by atoms with van der Waals surface area (Å²) in [5.41, 5.74) is 17.3. The lowest BCUT2D eigenvalue weighted by Gasteiger charge is -2.45. The highest BCUT2D eigenvalue weighted by molar-refractivity contribution is 7.99. The summed E-state index contributed by atoms with van der Waals surface area (Å²) in [7, 11) is 0. The zero-order valence-corrected chi connectivity index (χ0v) is 29.2. The summed E-state index contributed by atoms with van der Waals surface area (Å²) in [6.07, 6.45) is 0. The summed E-state index contributed by atoms with van der Waals surface area (Å²) in [6.45, 7) is 14.1. The van der Waals surface area contributed by atoms with E-state index in [1.165, 1.54) is 93.0 Å². The summed E-state index contributed by atoms with van der Waals surface area (Å²) in [5, 5.41) is 2.70. The largest absolute Gasteiger partial charge is 0.374 e. The van der Waals surface area contributed by atoms with E-state index < -0.39 is 0 Å². The molecule has 0 spiro atoms. The lowest BCUT2D eigenvalue weighted by molar-refractivity contribution is 0.590. The Labute approximate surface area is 287 Å². The molecule has 0 atom stereocenters. The number of rotatable bonds is 1. The van der Waals surface area contributed by atoms with Crippen molar-refractivity contribution in [3.8, 4) is 27.9 Å². The third-order valence-electron chi connectivity index (χ3n) is 10.8. The van der Waals surface area contributed by atoms with Gasteiger partial charge in [-0.15, -0.1) is 0 Å². The Balaban J connectivity index is 1.42. The normalized spacial score (nSPS) is 14.3. The number of benzene rings is 6. The minimum absolute atomic E-state index is 0.00554. The average molecular weight is 637 g/mol. The number of fused-ring (bicyclic) bond motifs is 9. The molecule has 48 heavy (non-hydrogen) atoms. The molecule has 0 amide bonds. The van der Waals surface area contributed by atoms with Crippen molar-refractivity contribution >= 4 is 62.7 Å². The molecule has 0 saturated heterocycles. The fourth-order valence-electron chi connectivity index (χ4n) is 8.41. The first kappa shape index (κ1) is 28.4. The summed E-state index contributed by atoms with van der Waals surface area (Å²) < 4.78 is 2.61. The second-order valence-corrected chi connectivity index (χ2v) is 16.9. The van der Waals surface area contributed by atoms with Crippen LogP contribution in [0.25, 0.3) is 49.7 Å². The molecule has 3 aliphatic heterocycles. The zero-order chi connectivity index (χ0) is 32.7. The van der Waals surface area contributed by atoms with Crippen LogP contribution in [-0.4, -0.2) is 11.4 Å². The van der Waals surface area contributed by atoms with E-state index in [-0.39, 0.29) is 17.7 Å². The molecule has 0 bridgehead atoms. The molecular formula is C44H37BN2S. The fraction of sp³-hybridized carbons (Fsp3) is 0.182. The lowest BCUT2D eigenvalue weighted by atomic mass is 9.43. The van der Waals surface area contributed by atoms with Gasteiger partial charge in [0.1, 0.15) is 0 Å². The Hall–Kier alpha value is -4.67. The van der Waals surface area contributed by atoms with Gasteiger partial charge in [-0.1, -0.05) is 120 Å². The molecule has 6 aromatic carbocycles. The molecular weight excluding hydrogens is 599 g/mol. The van der Waals surface area contributed by atoms with E-state index in [2.05, 4.69) is 166 Å².